The lowest BCUT2D eigenvalue weighted by Gasteiger charge is -2.27. The van der Waals surface area contributed by atoms with E-state index in [2.05, 4.69) is 35.1 Å². The van der Waals surface area contributed by atoms with Crippen LogP contribution in [-0.4, -0.2) is 22.5 Å². The number of hydrazine groups is 1. The summed E-state index contributed by atoms with van der Waals surface area (Å²) >= 11 is 0. The van der Waals surface area contributed by atoms with Gasteiger partial charge in [-0.05, 0) is 25.3 Å². The van der Waals surface area contributed by atoms with Crippen molar-refractivity contribution < 1.29 is 4.74 Å². The van der Waals surface area contributed by atoms with Crippen molar-refractivity contribution in [2.24, 2.45) is 11.8 Å². The second-order valence-corrected chi connectivity index (χ2v) is 4.89. The molecule has 3 unspecified atom stereocenters. The largest absolute Gasteiger partial charge is 0.378 e. The molecule has 1 fully saturated rings. The van der Waals surface area contributed by atoms with Crippen LogP contribution in [0.15, 0.2) is 12.3 Å². The van der Waals surface area contributed by atoms with Crippen LogP contribution in [-0.2, 0) is 11.3 Å². The third kappa shape index (κ3) is 2.58. The van der Waals surface area contributed by atoms with Crippen LogP contribution in [0.2, 0.25) is 0 Å². The zero-order valence-electron chi connectivity index (χ0n) is 11.3. The highest BCUT2D eigenvalue weighted by atomic mass is 16.5. The first-order valence-electron chi connectivity index (χ1n) is 6.91. The van der Waals surface area contributed by atoms with Crippen LogP contribution in [0.5, 0.6) is 0 Å². The molecule has 3 N–H and O–H groups in total. The average Bonchev–Trinajstić information content (AvgIpc) is 3.01. The van der Waals surface area contributed by atoms with Gasteiger partial charge in [-0.1, -0.05) is 13.8 Å². The molecular weight excluding hydrogens is 228 g/mol. The maximum absolute atomic E-state index is 5.78. The SMILES string of the molecule is CCCn1nccc1C(NN)C1CCOC1CC. The number of aryl methyl sites for hydroxylation is 1. The molecule has 0 saturated carbocycles. The summed E-state index contributed by atoms with van der Waals surface area (Å²) in [5.74, 6) is 6.22. The molecule has 2 heterocycles. The molecule has 1 aliphatic rings. The minimum Gasteiger partial charge on any atom is -0.378 e. The summed E-state index contributed by atoms with van der Waals surface area (Å²) in [6, 6.07) is 2.19. The molecular formula is C13H24N4O. The van der Waals surface area contributed by atoms with Crippen LogP contribution < -0.4 is 11.3 Å². The molecule has 5 nitrogen and oxygen atoms in total. The van der Waals surface area contributed by atoms with Gasteiger partial charge in [-0.3, -0.25) is 16.0 Å². The Morgan fingerprint density at radius 3 is 3.11 bits per heavy atom. The normalized spacial score (nSPS) is 25.5. The molecule has 1 aliphatic heterocycles. The van der Waals surface area contributed by atoms with E-state index in [1.807, 2.05) is 6.20 Å². The van der Waals surface area contributed by atoms with E-state index < -0.39 is 0 Å². The van der Waals surface area contributed by atoms with E-state index in [0.29, 0.717) is 12.0 Å². The minimum absolute atomic E-state index is 0.131. The summed E-state index contributed by atoms with van der Waals surface area (Å²) in [6.07, 6.45) is 5.32. The quantitative estimate of drug-likeness (QED) is 0.596. The number of hydrogen-bond acceptors (Lipinski definition) is 4. The fraction of sp³-hybridized carbons (Fsp3) is 0.769. The lowest BCUT2D eigenvalue weighted by atomic mass is 9.89. The molecule has 2 rings (SSSR count). The van der Waals surface area contributed by atoms with E-state index in [-0.39, 0.29) is 6.04 Å². The van der Waals surface area contributed by atoms with Gasteiger partial charge >= 0.3 is 0 Å². The second kappa shape index (κ2) is 6.31. The van der Waals surface area contributed by atoms with Crippen LogP contribution in [0.25, 0.3) is 0 Å². The summed E-state index contributed by atoms with van der Waals surface area (Å²) in [5, 5.41) is 4.38. The third-order valence-corrected chi connectivity index (χ3v) is 3.77. The molecule has 5 heteroatoms. The molecule has 0 amide bonds. The number of nitrogens with zero attached hydrogens (tertiary/aromatic N) is 2. The first kappa shape index (κ1) is 13.5. The van der Waals surface area contributed by atoms with Crippen molar-refractivity contribution in [3.8, 4) is 0 Å². The number of aromatic nitrogens is 2. The van der Waals surface area contributed by atoms with E-state index in [4.69, 9.17) is 10.6 Å². The van der Waals surface area contributed by atoms with Crippen LogP contribution in [0.1, 0.15) is 44.8 Å². The average molecular weight is 252 g/mol. The van der Waals surface area contributed by atoms with Crippen LogP contribution in [0.4, 0.5) is 0 Å². The lowest BCUT2D eigenvalue weighted by Crippen LogP contribution is -2.38. The van der Waals surface area contributed by atoms with Gasteiger partial charge < -0.3 is 4.74 Å². The van der Waals surface area contributed by atoms with Crippen LogP contribution in [0, 0.1) is 5.92 Å². The molecule has 0 radical (unpaired) electrons. The fourth-order valence-electron chi connectivity index (χ4n) is 2.90. The molecule has 0 spiro atoms. The van der Waals surface area contributed by atoms with Crippen molar-refractivity contribution in [3.05, 3.63) is 18.0 Å². The highest BCUT2D eigenvalue weighted by Gasteiger charge is 2.35. The van der Waals surface area contributed by atoms with Gasteiger partial charge in [0.25, 0.3) is 0 Å². The van der Waals surface area contributed by atoms with E-state index in [1.54, 1.807) is 0 Å². The van der Waals surface area contributed by atoms with Gasteiger partial charge in [0, 0.05) is 25.3 Å². The van der Waals surface area contributed by atoms with Crippen molar-refractivity contribution in [3.63, 3.8) is 0 Å². The van der Waals surface area contributed by atoms with E-state index >= 15 is 0 Å². The van der Waals surface area contributed by atoms with Crippen LogP contribution in [0.3, 0.4) is 0 Å². The highest BCUT2D eigenvalue weighted by molar-refractivity contribution is 5.10. The molecule has 1 aromatic heterocycles. The Bertz CT molecular complexity index is 366. The Kier molecular flexibility index (Phi) is 4.74. The molecule has 1 aromatic rings. The van der Waals surface area contributed by atoms with Crippen molar-refractivity contribution in [2.75, 3.05) is 6.61 Å². The number of nitrogens with one attached hydrogen (secondary N) is 1. The second-order valence-electron chi connectivity index (χ2n) is 4.89. The van der Waals surface area contributed by atoms with E-state index in [1.165, 1.54) is 5.69 Å². The summed E-state index contributed by atoms with van der Waals surface area (Å²) < 4.78 is 7.82. The lowest BCUT2D eigenvalue weighted by molar-refractivity contribution is 0.0763. The van der Waals surface area contributed by atoms with Gasteiger partial charge in [-0.15, -0.1) is 0 Å². The van der Waals surface area contributed by atoms with E-state index in [9.17, 15) is 0 Å². The monoisotopic (exact) mass is 252 g/mol. The molecule has 102 valence electrons. The number of nitrogens with two attached hydrogens (primary N) is 1. The van der Waals surface area contributed by atoms with Crippen molar-refractivity contribution in [1.82, 2.24) is 15.2 Å². The van der Waals surface area contributed by atoms with Crippen LogP contribution >= 0.6 is 0 Å². The summed E-state index contributed by atoms with van der Waals surface area (Å²) in [4.78, 5) is 0. The van der Waals surface area contributed by atoms with Gasteiger partial charge in [0.2, 0.25) is 0 Å². The van der Waals surface area contributed by atoms with Gasteiger partial charge in [0.05, 0.1) is 17.8 Å². The van der Waals surface area contributed by atoms with Crippen molar-refractivity contribution >= 4 is 0 Å². The summed E-state index contributed by atoms with van der Waals surface area (Å²) in [5.41, 5.74) is 4.14. The van der Waals surface area contributed by atoms with Gasteiger partial charge in [0.15, 0.2) is 0 Å². The smallest absolute Gasteiger partial charge is 0.0682 e. The zero-order chi connectivity index (χ0) is 13.0. The topological polar surface area (TPSA) is 65.1 Å². The molecule has 0 aliphatic carbocycles. The Labute approximate surface area is 109 Å². The molecule has 1 saturated heterocycles. The van der Waals surface area contributed by atoms with Crippen molar-refractivity contribution in [2.45, 2.75) is 51.8 Å². The molecule has 0 aromatic carbocycles. The fourth-order valence-corrected chi connectivity index (χ4v) is 2.90. The number of ether oxygens (including phenoxy) is 1. The van der Waals surface area contributed by atoms with E-state index in [0.717, 1.165) is 32.4 Å². The predicted molar refractivity (Wildman–Crippen MR) is 70.7 cm³/mol. The van der Waals surface area contributed by atoms with Gasteiger partial charge in [-0.25, -0.2) is 0 Å². The molecule has 18 heavy (non-hydrogen) atoms. The zero-order valence-corrected chi connectivity index (χ0v) is 11.3. The number of hydrogen-bond donors (Lipinski definition) is 2. The summed E-state index contributed by atoms with van der Waals surface area (Å²) in [6.45, 7) is 6.10. The van der Waals surface area contributed by atoms with Gasteiger partial charge in [0.1, 0.15) is 0 Å². The number of rotatable bonds is 6. The maximum Gasteiger partial charge on any atom is 0.0682 e. The first-order chi connectivity index (χ1) is 8.81. The van der Waals surface area contributed by atoms with Gasteiger partial charge in [-0.2, -0.15) is 5.10 Å². The molecule has 0 bridgehead atoms. The maximum atomic E-state index is 5.78. The first-order valence-corrected chi connectivity index (χ1v) is 6.91. The highest BCUT2D eigenvalue weighted by Crippen LogP contribution is 2.34. The Morgan fingerprint density at radius 1 is 1.61 bits per heavy atom. The standard InChI is InChI=1S/C13H24N4O/c1-3-8-17-11(5-7-15-17)13(16-14)10-6-9-18-12(10)4-2/h5,7,10,12-13,16H,3-4,6,8-9,14H2,1-2H3. The van der Waals surface area contributed by atoms with Crippen molar-refractivity contribution in [1.29, 1.82) is 0 Å². The molecule has 3 atom stereocenters. The minimum atomic E-state index is 0.131. The summed E-state index contributed by atoms with van der Waals surface area (Å²) in [7, 11) is 0. The Hall–Kier alpha value is -0.910. The predicted octanol–water partition coefficient (Wildman–Crippen LogP) is 1.61. The Balaban J connectivity index is 2.19. The third-order valence-electron chi connectivity index (χ3n) is 3.77. The Morgan fingerprint density at radius 2 is 2.44 bits per heavy atom.